The molecule has 6 heteroatoms. The van der Waals surface area contributed by atoms with E-state index in [-0.39, 0.29) is 7.43 Å². The molecule has 3 heterocycles. The van der Waals surface area contributed by atoms with Crippen LogP contribution >= 0.6 is 11.8 Å². The number of pyridine rings is 1. The highest BCUT2D eigenvalue weighted by Gasteiger charge is 2.17. The van der Waals surface area contributed by atoms with Crippen molar-refractivity contribution in [1.82, 2.24) is 10.3 Å². The van der Waals surface area contributed by atoms with E-state index in [1.54, 1.807) is 6.07 Å². The van der Waals surface area contributed by atoms with Crippen molar-refractivity contribution >= 4 is 22.6 Å². The van der Waals surface area contributed by atoms with Crippen LogP contribution < -0.4 is 10.2 Å². The van der Waals surface area contributed by atoms with Crippen LogP contribution in [0.3, 0.4) is 0 Å². The Morgan fingerprint density at radius 3 is 2.72 bits per heavy atom. The van der Waals surface area contributed by atoms with E-state index in [1.165, 1.54) is 18.2 Å². The summed E-state index contributed by atoms with van der Waals surface area (Å²) in [6, 6.07) is 3.71. The number of nitrogens with zero attached hydrogens (tertiary/aromatic N) is 3. The molecule has 0 saturated carbocycles. The molecule has 0 amide bonds. The van der Waals surface area contributed by atoms with E-state index < -0.39 is 5.95 Å². The number of allylic oxidation sites excluding steroid dienone is 1. The van der Waals surface area contributed by atoms with E-state index in [4.69, 9.17) is 0 Å². The highest BCUT2D eigenvalue weighted by molar-refractivity contribution is 8.13. The molecule has 1 aromatic rings. The maximum Gasteiger partial charge on any atom is 0.224 e. The minimum atomic E-state index is -0.445. The van der Waals surface area contributed by atoms with Crippen molar-refractivity contribution < 1.29 is 4.39 Å². The minimum absolute atomic E-state index is 0. The molecule has 3 rings (SSSR count). The molecule has 0 bridgehead atoms. The summed E-state index contributed by atoms with van der Waals surface area (Å²) in [6.45, 7) is 6.62. The van der Waals surface area contributed by atoms with E-state index in [9.17, 15) is 4.39 Å². The van der Waals surface area contributed by atoms with Crippen LogP contribution in [0, 0.1) is 5.95 Å². The summed E-state index contributed by atoms with van der Waals surface area (Å²) < 4.78 is 14.6. The van der Waals surface area contributed by atoms with Gasteiger partial charge in [-0.15, -0.1) is 11.8 Å². The number of aliphatic imine (C=N–C) groups is 1. The van der Waals surface area contributed by atoms with Gasteiger partial charge in [0.05, 0.1) is 5.56 Å². The number of hydrogen-bond acceptors (Lipinski definition) is 5. The quantitative estimate of drug-likeness (QED) is 0.493. The first kappa shape index (κ1) is 19.5. The lowest BCUT2D eigenvalue weighted by atomic mass is 10.1. The van der Waals surface area contributed by atoms with Gasteiger partial charge in [0.15, 0.2) is 0 Å². The van der Waals surface area contributed by atoms with Gasteiger partial charge in [0.1, 0.15) is 10.9 Å². The summed E-state index contributed by atoms with van der Waals surface area (Å²) in [5, 5.41) is 3.82. The monoisotopic (exact) mass is 362 g/mol. The molecule has 2 aliphatic heterocycles. The molecular formula is C19H27FN4S. The van der Waals surface area contributed by atoms with E-state index in [0.717, 1.165) is 56.1 Å². The summed E-state index contributed by atoms with van der Waals surface area (Å²) in [7, 11) is 0. The third kappa shape index (κ3) is 4.84. The van der Waals surface area contributed by atoms with Crippen molar-refractivity contribution in [2.75, 3.05) is 30.8 Å². The molecule has 0 aliphatic carbocycles. The Hall–Kier alpha value is -1.82. The summed E-state index contributed by atoms with van der Waals surface area (Å²) in [6.07, 6.45) is 8.17. The van der Waals surface area contributed by atoms with Crippen LogP contribution in [0.5, 0.6) is 0 Å². The van der Waals surface area contributed by atoms with Crippen molar-refractivity contribution in [2.24, 2.45) is 4.99 Å². The van der Waals surface area contributed by atoms with Crippen molar-refractivity contribution in [2.45, 2.75) is 33.1 Å². The number of thioether (sulfide) groups is 1. The van der Waals surface area contributed by atoms with E-state index in [2.05, 4.69) is 26.8 Å². The lowest BCUT2D eigenvalue weighted by molar-refractivity contribution is 0.552. The Morgan fingerprint density at radius 2 is 2.08 bits per heavy atom. The second-order valence-electron chi connectivity index (χ2n) is 6.01. The molecule has 25 heavy (non-hydrogen) atoms. The summed E-state index contributed by atoms with van der Waals surface area (Å²) in [4.78, 5) is 11.0. The Labute approximate surface area is 154 Å². The summed E-state index contributed by atoms with van der Waals surface area (Å²) in [5.41, 5.74) is 2.23. The van der Waals surface area contributed by atoms with Gasteiger partial charge in [0, 0.05) is 37.4 Å². The van der Waals surface area contributed by atoms with Crippen molar-refractivity contribution in [3.05, 3.63) is 47.7 Å². The van der Waals surface area contributed by atoms with Gasteiger partial charge in [-0.1, -0.05) is 14.0 Å². The van der Waals surface area contributed by atoms with Gasteiger partial charge >= 0.3 is 0 Å². The second kappa shape index (κ2) is 9.04. The van der Waals surface area contributed by atoms with E-state index in [1.807, 2.05) is 18.4 Å². The van der Waals surface area contributed by atoms with Crippen LogP contribution in [0.4, 0.5) is 10.2 Å². The molecule has 1 N–H and O–H groups in total. The molecule has 0 aromatic carbocycles. The highest BCUT2D eigenvalue weighted by atomic mass is 32.2. The van der Waals surface area contributed by atoms with Crippen LogP contribution in [0.1, 0.15) is 38.7 Å². The molecule has 1 aromatic heterocycles. The molecule has 0 spiro atoms. The third-order valence-corrected chi connectivity index (χ3v) is 4.95. The molecule has 1 saturated heterocycles. The first-order chi connectivity index (χ1) is 11.7. The number of halogens is 1. The van der Waals surface area contributed by atoms with Crippen molar-refractivity contribution in [3.8, 4) is 0 Å². The van der Waals surface area contributed by atoms with Gasteiger partial charge in [-0.3, -0.25) is 0 Å². The topological polar surface area (TPSA) is 40.5 Å². The number of anilines is 1. The molecule has 1 fully saturated rings. The first-order valence-corrected chi connectivity index (χ1v) is 9.58. The van der Waals surface area contributed by atoms with Gasteiger partial charge in [-0.25, -0.2) is 9.98 Å². The Balaban J connectivity index is 0.00000225. The second-order valence-corrected chi connectivity index (χ2v) is 6.81. The zero-order valence-corrected chi connectivity index (χ0v) is 14.8. The lowest BCUT2D eigenvalue weighted by Crippen LogP contribution is -2.30. The zero-order chi connectivity index (χ0) is 16.9. The standard InChI is InChI=1S/C18H23FN4S.CH4/c1-13-12-14(8-9-20-13)21-18(24-2)15-6-7-16(22-17(15)19)23-10-4-3-5-11-23;/h6-7,12,20H,1,3-5,8-11H2,2H3;1H4. The highest BCUT2D eigenvalue weighted by Crippen LogP contribution is 2.23. The van der Waals surface area contributed by atoms with Crippen LogP contribution in [0.15, 0.2) is 41.2 Å². The number of hydrogen-bond donors (Lipinski definition) is 1. The average Bonchev–Trinajstić information content (AvgIpc) is 2.61. The van der Waals surface area contributed by atoms with Gasteiger partial charge < -0.3 is 10.2 Å². The fourth-order valence-corrected chi connectivity index (χ4v) is 3.57. The average molecular weight is 363 g/mol. The maximum absolute atomic E-state index is 14.6. The van der Waals surface area contributed by atoms with Crippen molar-refractivity contribution in [3.63, 3.8) is 0 Å². The molecule has 4 nitrogen and oxygen atoms in total. The van der Waals surface area contributed by atoms with Crippen LogP contribution in [-0.2, 0) is 0 Å². The fraction of sp³-hybridized carbons (Fsp3) is 0.474. The normalized spacial score (nSPS) is 18.3. The van der Waals surface area contributed by atoms with Gasteiger partial charge in [-0.2, -0.15) is 4.39 Å². The SMILES string of the molecule is C.C=C1C=C(N=C(SC)c2ccc(N3CCCCC3)nc2F)CCN1. The molecule has 2 aliphatic rings. The predicted molar refractivity (Wildman–Crippen MR) is 107 cm³/mol. The largest absolute Gasteiger partial charge is 0.385 e. The van der Waals surface area contributed by atoms with E-state index >= 15 is 0 Å². The van der Waals surface area contributed by atoms with Crippen molar-refractivity contribution in [1.29, 1.82) is 0 Å². The van der Waals surface area contributed by atoms with Gasteiger partial charge in [0.25, 0.3) is 0 Å². The van der Waals surface area contributed by atoms with Crippen LogP contribution in [0.25, 0.3) is 0 Å². The smallest absolute Gasteiger partial charge is 0.224 e. The lowest BCUT2D eigenvalue weighted by Gasteiger charge is -2.27. The Kier molecular flexibility index (Phi) is 7.05. The molecule has 0 unspecified atom stereocenters. The van der Waals surface area contributed by atoms with Crippen LogP contribution in [-0.4, -0.2) is 35.9 Å². The van der Waals surface area contributed by atoms with Gasteiger partial charge in [0.2, 0.25) is 5.95 Å². The maximum atomic E-state index is 14.6. The number of rotatable bonds is 3. The molecule has 0 radical (unpaired) electrons. The number of nitrogens with one attached hydrogen (secondary N) is 1. The fourth-order valence-electron chi connectivity index (χ4n) is 2.99. The Bertz CT molecular complexity index is 678. The molecule has 0 atom stereocenters. The minimum Gasteiger partial charge on any atom is -0.385 e. The Morgan fingerprint density at radius 1 is 1.32 bits per heavy atom. The number of aromatic nitrogens is 1. The zero-order valence-electron chi connectivity index (χ0n) is 14.0. The summed E-state index contributed by atoms with van der Waals surface area (Å²) in [5.74, 6) is 0.283. The predicted octanol–water partition coefficient (Wildman–Crippen LogP) is 4.35. The number of piperidine rings is 1. The molecule has 136 valence electrons. The molecular weight excluding hydrogens is 335 g/mol. The van der Waals surface area contributed by atoms with E-state index in [0.29, 0.717) is 10.6 Å². The summed E-state index contributed by atoms with van der Waals surface area (Å²) >= 11 is 1.44. The van der Waals surface area contributed by atoms with Crippen LogP contribution in [0.2, 0.25) is 0 Å². The first-order valence-electron chi connectivity index (χ1n) is 8.35. The van der Waals surface area contributed by atoms with Gasteiger partial charge in [-0.05, 0) is 43.7 Å². The third-order valence-electron chi connectivity index (χ3n) is 4.26.